The second kappa shape index (κ2) is 10.4. The van der Waals surface area contributed by atoms with Crippen molar-refractivity contribution in [2.75, 3.05) is 6.54 Å². The first-order valence-corrected chi connectivity index (χ1v) is 10.5. The van der Waals surface area contributed by atoms with Crippen molar-refractivity contribution < 1.29 is 19.0 Å². The van der Waals surface area contributed by atoms with Gasteiger partial charge >= 0.3 is 5.97 Å². The predicted octanol–water partition coefficient (Wildman–Crippen LogP) is 5.40. The average molecular weight is 400 g/mol. The zero-order valence-electron chi connectivity index (χ0n) is 17.0. The Morgan fingerprint density at radius 1 is 1.14 bits per heavy atom. The van der Waals surface area contributed by atoms with E-state index in [1.54, 1.807) is 18.2 Å². The van der Waals surface area contributed by atoms with Crippen LogP contribution in [0.15, 0.2) is 42.5 Å². The van der Waals surface area contributed by atoms with Crippen LogP contribution in [0.5, 0.6) is 5.75 Å². The van der Waals surface area contributed by atoms with Crippen LogP contribution >= 0.6 is 0 Å². The third-order valence-corrected chi connectivity index (χ3v) is 5.63. The van der Waals surface area contributed by atoms with E-state index >= 15 is 0 Å². The number of hydrogen-bond acceptors (Lipinski definition) is 3. The van der Waals surface area contributed by atoms with Crippen LogP contribution in [0.3, 0.4) is 0 Å². The largest absolute Gasteiger partial charge is 0.490 e. The Morgan fingerprint density at radius 2 is 1.86 bits per heavy atom. The molecule has 0 amide bonds. The minimum atomic E-state index is -0.962. The Labute approximate surface area is 172 Å². The van der Waals surface area contributed by atoms with Gasteiger partial charge in [0.05, 0.1) is 12.6 Å². The van der Waals surface area contributed by atoms with Crippen LogP contribution in [0.2, 0.25) is 0 Å². The lowest BCUT2D eigenvalue weighted by molar-refractivity contribution is -0.136. The summed E-state index contributed by atoms with van der Waals surface area (Å²) in [5.41, 5.74) is 1.74. The summed E-state index contributed by atoms with van der Waals surface area (Å²) >= 11 is 0. The van der Waals surface area contributed by atoms with E-state index < -0.39 is 5.97 Å². The highest BCUT2D eigenvalue weighted by Gasteiger charge is 2.21. The number of aliphatic carboxylic acids is 1. The molecule has 1 fully saturated rings. The molecule has 29 heavy (non-hydrogen) atoms. The average Bonchev–Trinajstić information content (AvgIpc) is 2.71. The summed E-state index contributed by atoms with van der Waals surface area (Å²) in [6.07, 6.45) is 7.53. The smallest absolute Gasteiger partial charge is 0.317 e. The van der Waals surface area contributed by atoms with Crippen molar-refractivity contribution in [3.8, 4) is 16.9 Å². The minimum absolute atomic E-state index is 0.174. The summed E-state index contributed by atoms with van der Waals surface area (Å²) in [7, 11) is 0. The molecule has 0 saturated heterocycles. The Kier molecular flexibility index (Phi) is 7.64. The van der Waals surface area contributed by atoms with Gasteiger partial charge in [-0.15, -0.1) is 0 Å². The normalized spacial score (nSPS) is 19.1. The lowest BCUT2D eigenvalue weighted by atomic mass is 9.85. The summed E-state index contributed by atoms with van der Waals surface area (Å²) < 4.78 is 21.0. The Hall–Kier alpha value is -2.40. The summed E-state index contributed by atoms with van der Waals surface area (Å²) in [6.45, 7) is 2.22. The standard InChI is InChI=1S/C24H30FNO3/c1-2-4-17-7-11-20(12-8-17)29-21-13-9-18(10-14-21)22-6-3-5-19(24(22)25)15-26-16-23(27)28/h3,5-6,9-10,13-14,17,20,26H,2,4,7-8,11-12,15-16H2,1H3,(H,27,28). The maximum atomic E-state index is 14.8. The first-order valence-electron chi connectivity index (χ1n) is 10.5. The Bertz CT molecular complexity index is 798. The molecule has 0 spiro atoms. The molecule has 1 aliphatic rings. The van der Waals surface area contributed by atoms with Crippen molar-refractivity contribution in [2.45, 2.75) is 58.1 Å². The van der Waals surface area contributed by atoms with E-state index in [-0.39, 0.29) is 25.0 Å². The fourth-order valence-corrected chi connectivity index (χ4v) is 4.10. The maximum Gasteiger partial charge on any atom is 0.317 e. The molecule has 0 bridgehead atoms. The van der Waals surface area contributed by atoms with Gasteiger partial charge < -0.3 is 15.2 Å². The molecule has 5 heteroatoms. The summed E-state index contributed by atoms with van der Waals surface area (Å²) in [5.74, 6) is 0.388. The number of benzene rings is 2. The predicted molar refractivity (Wildman–Crippen MR) is 112 cm³/mol. The van der Waals surface area contributed by atoms with Crippen molar-refractivity contribution in [1.29, 1.82) is 0 Å². The number of rotatable bonds is 9. The lowest BCUT2D eigenvalue weighted by Gasteiger charge is -2.28. The van der Waals surface area contributed by atoms with Gasteiger partial charge in [-0.25, -0.2) is 4.39 Å². The van der Waals surface area contributed by atoms with Crippen LogP contribution in [0.25, 0.3) is 11.1 Å². The van der Waals surface area contributed by atoms with E-state index in [2.05, 4.69) is 12.2 Å². The second-order valence-corrected chi connectivity index (χ2v) is 7.85. The van der Waals surface area contributed by atoms with Crippen LogP contribution in [0, 0.1) is 11.7 Å². The molecule has 156 valence electrons. The first kappa shape index (κ1) is 21.3. The fraction of sp³-hybridized carbons (Fsp3) is 0.458. The first-order chi connectivity index (χ1) is 14.1. The van der Waals surface area contributed by atoms with Gasteiger partial charge in [-0.2, -0.15) is 0 Å². The van der Waals surface area contributed by atoms with Crippen LogP contribution < -0.4 is 10.1 Å². The van der Waals surface area contributed by atoms with Crippen LogP contribution in [0.4, 0.5) is 4.39 Å². The highest BCUT2D eigenvalue weighted by atomic mass is 19.1. The third kappa shape index (κ3) is 6.04. The van der Waals surface area contributed by atoms with Crippen molar-refractivity contribution in [2.24, 2.45) is 5.92 Å². The highest BCUT2D eigenvalue weighted by molar-refractivity contribution is 5.69. The van der Waals surface area contributed by atoms with Gasteiger partial charge in [0.1, 0.15) is 11.6 Å². The molecule has 2 aromatic carbocycles. The molecular formula is C24H30FNO3. The minimum Gasteiger partial charge on any atom is -0.490 e. The van der Waals surface area contributed by atoms with Crippen LogP contribution in [0.1, 0.15) is 51.0 Å². The highest BCUT2D eigenvalue weighted by Crippen LogP contribution is 2.31. The van der Waals surface area contributed by atoms with E-state index in [1.807, 2.05) is 24.3 Å². The topological polar surface area (TPSA) is 58.6 Å². The van der Waals surface area contributed by atoms with Crippen molar-refractivity contribution >= 4 is 5.97 Å². The van der Waals surface area contributed by atoms with Gasteiger partial charge in [-0.05, 0) is 49.3 Å². The van der Waals surface area contributed by atoms with Gasteiger partial charge in [0.25, 0.3) is 0 Å². The van der Waals surface area contributed by atoms with Crippen molar-refractivity contribution in [1.82, 2.24) is 5.32 Å². The molecule has 0 radical (unpaired) electrons. The van der Waals surface area contributed by atoms with Crippen LogP contribution in [-0.4, -0.2) is 23.7 Å². The molecule has 0 unspecified atom stereocenters. The fourth-order valence-electron chi connectivity index (χ4n) is 4.10. The number of carboxylic acid groups (broad SMARTS) is 1. The molecule has 3 rings (SSSR count). The summed E-state index contributed by atoms with van der Waals surface area (Å²) in [5, 5.41) is 11.4. The molecule has 0 aromatic heterocycles. The summed E-state index contributed by atoms with van der Waals surface area (Å²) in [6, 6.07) is 12.8. The molecule has 1 saturated carbocycles. The molecule has 2 N–H and O–H groups in total. The SMILES string of the molecule is CCCC1CCC(Oc2ccc(-c3cccc(CNCC(=O)O)c3F)cc2)CC1. The van der Waals surface area contributed by atoms with Gasteiger partial charge in [0.2, 0.25) is 0 Å². The van der Waals surface area contributed by atoms with Gasteiger partial charge in [-0.3, -0.25) is 4.79 Å². The van der Waals surface area contributed by atoms with E-state index in [0.717, 1.165) is 30.1 Å². The second-order valence-electron chi connectivity index (χ2n) is 7.85. The third-order valence-electron chi connectivity index (χ3n) is 5.63. The van der Waals surface area contributed by atoms with Crippen LogP contribution in [-0.2, 0) is 11.3 Å². The number of carboxylic acids is 1. The van der Waals surface area contributed by atoms with Gasteiger partial charge in [0.15, 0.2) is 0 Å². The molecule has 0 atom stereocenters. The zero-order chi connectivity index (χ0) is 20.6. The molecule has 0 aliphatic heterocycles. The number of nitrogens with one attached hydrogen (secondary N) is 1. The van der Waals surface area contributed by atoms with E-state index in [9.17, 15) is 9.18 Å². The monoisotopic (exact) mass is 399 g/mol. The molecule has 0 heterocycles. The van der Waals surface area contributed by atoms with Crippen molar-refractivity contribution in [3.63, 3.8) is 0 Å². The maximum absolute atomic E-state index is 14.8. The molecular weight excluding hydrogens is 369 g/mol. The number of halogens is 1. The van der Waals surface area contributed by atoms with E-state index in [0.29, 0.717) is 11.1 Å². The van der Waals surface area contributed by atoms with E-state index in [4.69, 9.17) is 9.84 Å². The van der Waals surface area contributed by atoms with Crippen molar-refractivity contribution in [3.05, 3.63) is 53.8 Å². The lowest BCUT2D eigenvalue weighted by Crippen LogP contribution is -2.24. The zero-order valence-corrected chi connectivity index (χ0v) is 17.0. The molecule has 4 nitrogen and oxygen atoms in total. The Morgan fingerprint density at radius 3 is 2.52 bits per heavy atom. The number of carbonyl (C=O) groups is 1. The summed E-state index contributed by atoms with van der Waals surface area (Å²) in [4.78, 5) is 10.6. The Balaban J connectivity index is 1.61. The number of ether oxygens (including phenoxy) is 1. The number of hydrogen-bond donors (Lipinski definition) is 2. The van der Waals surface area contributed by atoms with Gasteiger partial charge in [-0.1, -0.05) is 50.1 Å². The van der Waals surface area contributed by atoms with E-state index in [1.165, 1.54) is 25.7 Å². The molecule has 2 aromatic rings. The quantitative estimate of drug-likeness (QED) is 0.592. The van der Waals surface area contributed by atoms with Gasteiger partial charge in [0, 0.05) is 17.7 Å². The molecule has 1 aliphatic carbocycles.